The molecule has 0 aliphatic rings. The van der Waals surface area contributed by atoms with E-state index in [4.69, 9.17) is 16.7 Å². The first-order valence-electron chi connectivity index (χ1n) is 6.48. The topological polar surface area (TPSA) is 101 Å². The van der Waals surface area contributed by atoms with Crippen molar-refractivity contribution in [2.45, 2.75) is 4.90 Å². The highest BCUT2D eigenvalue weighted by Gasteiger charge is 2.07. The highest BCUT2D eigenvalue weighted by molar-refractivity contribution is 7.89. The van der Waals surface area contributed by atoms with Gasteiger partial charge in [0.05, 0.1) is 4.90 Å². The van der Waals surface area contributed by atoms with E-state index in [0.717, 1.165) is 5.56 Å². The highest BCUT2D eigenvalue weighted by Crippen LogP contribution is 2.16. The molecule has 23 heavy (non-hydrogen) atoms. The first-order chi connectivity index (χ1) is 10.9. The lowest BCUT2D eigenvalue weighted by Crippen LogP contribution is -2.23. The Balaban J connectivity index is 1.94. The van der Waals surface area contributed by atoms with E-state index in [-0.39, 0.29) is 4.90 Å². The number of benzene rings is 2. The molecule has 0 heterocycles. The fraction of sp³-hybridized carbons (Fsp3) is 0. The van der Waals surface area contributed by atoms with Gasteiger partial charge in [0.1, 0.15) is 0 Å². The van der Waals surface area contributed by atoms with Crippen LogP contribution < -0.4 is 15.8 Å². The molecule has 0 unspecified atom stereocenters. The van der Waals surface area contributed by atoms with E-state index in [1.165, 1.54) is 30.5 Å². The van der Waals surface area contributed by atoms with Gasteiger partial charge in [-0.1, -0.05) is 29.8 Å². The third-order valence-corrected chi connectivity index (χ3v) is 4.10. The molecule has 120 valence electrons. The molecule has 0 atom stereocenters. The number of nitrogens with two attached hydrogens (primary N) is 1. The fourth-order valence-corrected chi connectivity index (χ4v) is 2.43. The molecule has 0 saturated carbocycles. The van der Waals surface area contributed by atoms with Crippen LogP contribution in [0.15, 0.2) is 59.6 Å². The number of amides is 2. The Morgan fingerprint density at radius 3 is 2.35 bits per heavy atom. The number of carbonyl (C=O) groups is 1. The summed E-state index contributed by atoms with van der Waals surface area (Å²) >= 11 is 5.98. The number of rotatable bonds is 4. The molecule has 2 aromatic carbocycles. The number of halogens is 1. The summed E-state index contributed by atoms with van der Waals surface area (Å²) in [6, 6.07) is 12.2. The summed E-state index contributed by atoms with van der Waals surface area (Å²) in [7, 11) is -3.75. The van der Waals surface area contributed by atoms with Gasteiger partial charge < -0.3 is 10.6 Å². The second-order valence-electron chi connectivity index (χ2n) is 4.52. The average molecular weight is 352 g/mol. The van der Waals surface area contributed by atoms with E-state index < -0.39 is 16.1 Å². The second kappa shape index (κ2) is 7.28. The lowest BCUT2D eigenvalue weighted by Gasteiger charge is -2.05. The monoisotopic (exact) mass is 351 g/mol. The van der Waals surface area contributed by atoms with Gasteiger partial charge in [0.25, 0.3) is 0 Å². The van der Waals surface area contributed by atoms with E-state index in [9.17, 15) is 13.2 Å². The number of sulfonamides is 1. The third-order valence-electron chi connectivity index (χ3n) is 2.82. The largest absolute Gasteiger partial charge is 0.323 e. The molecule has 2 amide bonds. The summed E-state index contributed by atoms with van der Waals surface area (Å²) in [5, 5.41) is 10.6. The van der Waals surface area contributed by atoms with Crippen LogP contribution in [0.2, 0.25) is 5.02 Å². The molecule has 0 aliphatic carbocycles. The number of carbonyl (C=O) groups excluding carboxylic acids is 1. The molecule has 2 rings (SSSR count). The van der Waals surface area contributed by atoms with Gasteiger partial charge in [-0.2, -0.15) is 0 Å². The Bertz CT molecular complexity index is 833. The van der Waals surface area contributed by atoms with Crippen molar-refractivity contribution < 1.29 is 13.2 Å². The molecule has 0 spiro atoms. The predicted molar refractivity (Wildman–Crippen MR) is 90.5 cm³/mol. The van der Waals surface area contributed by atoms with Crippen LogP contribution in [0.4, 0.5) is 10.5 Å². The maximum atomic E-state index is 11.7. The minimum absolute atomic E-state index is 0.0259. The third kappa shape index (κ3) is 5.10. The lowest BCUT2D eigenvalue weighted by molar-refractivity contribution is 0.255. The summed E-state index contributed by atoms with van der Waals surface area (Å²) in [4.78, 5) is 11.7. The van der Waals surface area contributed by atoms with Gasteiger partial charge in [-0.25, -0.2) is 18.4 Å². The van der Waals surface area contributed by atoms with Crippen LogP contribution in [0.25, 0.3) is 6.08 Å². The van der Waals surface area contributed by atoms with E-state index in [1.54, 1.807) is 12.1 Å². The molecule has 2 aromatic rings. The smallest absolute Gasteiger partial charge is 0.314 e. The van der Waals surface area contributed by atoms with Crippen molar-refractivity contribution >= 4 is 39.4 Å². The maximum absolute atomic E-state index is 11.7. The zero-order chi connectivity index (χ0) is 16.9. The first-order valence-corrected chi connectivity index (χ1v) is 8.40. The minimum atomic E-state index is -3.75. The average Bonchev–Trinajstić information content (AvgIpc) is 2.49. The van der Waals surface area contributed by atoms with Gasteiger partial charge in [-0.3, -0.25) is 0 Å². The fourth-order valence-electron chi connectivity index (χ4n) is 1.71. The van der Waals surface area contributed by atoms with E-state index >= 15 is 0 Å². The number of hydrogen-bond donors (Lipinski definition) is 3. The molecule has 8 heteroatoms. The van der Waals surface area contributed by atoms with Crippen molar-refractivity contribution in [1.82, 2.24) is 5.32 Å². The van der Waals surface area contributed by atoms with Gasteiger partial charge in [0.15, 0.2) is 0 Å². The number of nitrogens with one attached hydrogen (secondary N) is 2. The minimum Gasteiger partial charge on any atom is -0.314 e. The molecule has 0 saturated heterocycles. The number of primary sulfonamides is 1. The summed E-state index contributed by atoms with van der Waals surface area (Å²) in [6.07, 6.45) is 3.11. The van der Waals surface area contributed by atoms with Crippen molar-refractivity contribution in [2.24, 2.45) is 5.14 Å². The Morgan fingerprint density at radius 2 is 1.74 bits per heavy atom. The Hall–Kier alpha value is -2.35. The maximum Gasteiger partial charge on any atom is 0.323 e. The number of hydrogen-bond acceptors (Lipinski definition) is 3. The lowest BCUT2D eigenvalue weighted by atomic mass is 10.2. The van der Waals surface area contributed by atoms with Gasteiger partial charge >= 0.3 is 6.03 Å². The van der Waals surface area contributed by atoms with Gasteiger partial charge in [0.2, 0.25) is 10.0 Å². The number of anilines is 1. The van der Waals surface area contributed by atoms with Crippen molar-refractivity contribution in [3.8, 4) is 0 Å². The van der Waals surface area contributed by atoms with Crippen molar-refractivity contribution in [3.05, 3.63) is 65.3 Å². The van der Waals surface area contributed by atoms with Crippen molar-refractivity contribution in [1.29, 1.82) is 0 Å². The molecule has 0 fully saturated rings. The van der Waals surface area contributed by atoms with E-state index in [0.29, 0.717) is 10.7 Å². The molecule has 0 radical (unpaired) electrons. The SMILES string of the molecule is NS(=O)(=O)c1ccc(NC(=O)N/C=C/c2ccccc2Cl)cc1. The van der Waals surface area contributed by atoms with Crippen LogP contribution in [0, 0.1) is 0 Å². The Morgan fingerprint density at radius 1 is 1.09 bits per heavy atom. The zero-order valence-corrected chi connectivity index (χ0v) is 13.4. The van der Waals surface area contributed by atoms with Gasteiger partial charge in [0, 0.05) is 16.9 Å². The summed E-state index contributed by atoms with van der Waals surface area (Å²) in [5.74, 6) is 0. The van der Waals surface area contributed by atoms with Crippen molar-refractivity contribution in [2.75, 3.05) is 5.32 Å². The summed E-state index contributed by atoms with van der Waals surface area (Å²) in [5.41, 5.74) is 1.20. The van der Waals surface area contributed by atoms with Crippen LogP contribution >= 0.6 is 11.6 Å². The quantitative estimate of drug-likeness (QED) is 0.789. The van der Waals surface area contributed by atoms with Crippen LogP contribution in [0.1, 0.15) is 5.56 Å². The van der Waals surface area contributed by atoms with Crippen LogP contribution in [-0.4, -0.2) is 14.4 Å². The van der Waals surface area contributed by atoms with E-state index in [2.05, 4.69) is 10.6 Å². The molecule has 0 aliphatic heterocycles. The molecular formula is C15H14ClN3O3S. The molecule has 0 bridgehead atoms. The Kier molecular flexibility index (Phi) is 5.38. The molecular weight excluding hydrogens is 338 g/mol. The highest BCUT2D eigenvalue weighted by atomic mass is 35.5. The first kappa shape index (κ1) is 17.0. The molecule has 6 nitrogen and oxygen atoms in total. The molecule has 0 aromatic heterocycles. The van der Waals surface area contributed by atoms with Gasteiger partial charge in [-0.15, -0.1) is 0 Å². The Labute approximate surface area is 139 Å². The van der Waals surface area contributed by atoms with Crippen molar-refractivity contribution in [3.63, 3.8) is 0 Å². The van der Waals surface area contributed by atoms with Crippen LogP contribution in [-0.2, 0) is 10.0 Å². The standard InChI is InChI=1S/C15H14ClN3O3S/c16-14-4-2-1-3-11(14)9-10-18-15(20)19-12-5-7-13(8-6-12)23(17,21)22/h1-10H,(H2,17,21,22)(H2,18,19,20)/b10-9+. The molecule has 4 N–H and O–H groups in total. The van der Waals surface area contributed by atoms with Gasteiger partial charge in [-0.05, 0) is 42.0 Å². The number of urea groups is 1. The summed E-state index contributed by atoms with van der Waals surface area (Å²) < 4.78 is 22.3. The van der Waals surface area contributed by atoms with Crippen LogP contribution in [0.5, 0.6) is 0 Å². The van der Waals surface area contributed by atoms with Crippen LogP contribution in [0.3, 0.4) is 0 Å². The second-order valence-corrected chi connectivity index (χ2v) is 6.49. The normalized spacial score (nSPS) is 11.4. The summed E-state index contributed by atoms with van der Waals surface area (Å²) in [6.45, 7) is 0. The van der Waals surface area contributed by atoms with E-state index in [1.807, 2.05) is 18.2 Å². The predicted octanol–water partition coefficient (Wildman–Crippen LogP) is 2.78. The zero-order valence-electron chi connectivity index (χ0n) is 11.9.